The van der Waals surface area contributed by atoms with Crippen molar-refractivity contribution < 1.29 is 38.1 Å². The normalized spacial score (nSPS) is 11.3. The molecule has 1 aromatic heterocycles. The summed E-state index contributed by atoms with van der Waals surface area (Å²) >= 11 is 0. The molecule has 2 N–H and O–H groups in total. The topological polar surface area (TPSA) is 98.0 Å². The molecule has 0 spiro atoms. The van der Waals surface area contributed by atoms with Gasteiger partial charge in [-0.05, 0) is 73.1 Å². The van der Waals surface area contributed by atoms with Crippen molar-refractivity contribution in [2.45, 2.75) is 44.9 Å². The average Bonchev–Trinajstić information content (AvgIpc) is 3.26. The quantitative estimate of drug-likeness (QED) is 0.105. The van der Waals surface area contributed by atoms with Crippen LogP contribution in [0.25, 0.3) is 23.1 Å². The van der Waals surface area contributed by atoms with Gasteiger partial charge >= 0.3 is 11.9 Å². The summed E-state index contributed by atoms with van der Waals surface area (Å²) in [4.78, 5) is 22.4. The highest BCUT2D eigenvalue weighted by Crippen LogP contribution is 2.31. The van der Waals surface area contributed by atoms with Crippen LogP contribution in [0.15, 0.2) is 60.7 Å². The average molecular weight is 592 g/mol. The number of aliphatic carboxylic acids is 2. The first-order valence-corrected chi connectivity index (χ1v) is 14.2. The Hall–Kier alpha value is -4.66. The molecule has 0 bridgehead atoms. The predicted molar refractivity (Wildman–Crippen MR) is 161 cm³/mol. The Morgan fingerprint density at radius 3 is 2.23 bits per heavy atom. The van der Waals surface area contributed by atoms with Gasteiger partial charge in [0.1, 0.15) is 5.75 Å². The van der Waals surface area contributed by atoms with Gasteiger partial charge in [0.2, 0.25) is 5.82 Å². The van der Waals surface area contributed by atoms with E-state index in [4.69, 9.17) is 14.6 Å². The number of aromatic nitrogens is 1. The molecular formula is C34H35F2NO6. The van der Waals surface area contributed by atoms with E-state index in [1.165, 1.54) is 12.1 Å². The van der Waals surface area contributed by atoms with Crippen molar-refractivity contribution in [3.8, 4) is 11.5 Å². The maximum atomic E-state index is 13.6. The van der Waals surface area contributed by atoms with Crippen molar-refractivity contribution in [2.24, 2.45) is 7.05 Å². The molecule has 0 radical (unpaired) electrons. The van der Waals surface area contributed by atoms with E-state index in [1.807, 2.05) is 66.2 Å². The Morgan fingerprint density at radius 1 is 0.814 bits per heavy atom. The molecule has 226 valence electrons. The van der Waals surface area contributed by atoms with Gasteiger partial charge in [0.05, 0.1) is 25.2 Å². The monoisotopic (exact) mass is 591 g/mol. The molecule has 4 rings (SSSR count). The Bertz CT molecular complexity index is 1590. The summed E-state index contributed by atoms with van der Waals surface area (Å²) in [6, 6.07) is 17.5. The Balaban J connectivity index is 1.37. The number of halogens is 2. The summed E-state index contributed by atoms with van der Waals surface area (Å²) in [5, 5.41) is 19.4. The third-order valence-electron chi connectivity index (χ3n) is 7.19. The van der Waals surface area contributed by atoms with Gasteiger partial charge in [-0.25, -0.2) is 4.39 Å². The van der Waals surface area contributed by atoms with Crippen LogP contribution in [0.4, 0.5) is 8.78 Å². The molecule has 43 heavy (non-hydrogen) atoms. The van der Waals surface area contributed by atoms with Crippen LogP contribution >= 0.6 is 0 Å². The van der Waals surface area contributed by atoms with E-state index in [-0.39, 0.29) is 25.2 Å². The number of hydrogen-bond acceptors (Lipinski definition) is 4. The molecule has 1 heterocycles. The first kappa shape index (κ1) is 31.3. The number of carbonyl (C=O) groups is 2. The lowest BCUT2D eigenvalue weighted by molar-refractivity contribution is -0.138. The summed E-state index contributed by atoms with van der Waals surface area (Å²) in [5.41, 5.74) is 4.84. The van der Waals surface area contributed by atoms with E-state index in [2.05, 4.69) is 0 Å². The molecule has 0 fully saturated rings. The van der Waals surface area contributed by atoms with Crippen LogP contribution in [-0.4, -0.2) is 39.9 Å². The number of unbranched alkanes of at least 4 members (excludes halogenated alkanes) is 1. The molecule has 0 aliphatic heterocycles. The molecule has 0 saturated heterocycles. The van der Waals surface area contributed by atoms with E-state index in [1.54, 1.807) is 0 Å². The Kier molecular flexibility index (Phi) is 10.9. The van der Waals surface area contributed by atoms with E-state index in [0.717, 1.165) is 39.4 Å². The van der Waals surface area contributed by atoms with E-state index >= 15 is 0 Å². The minimum atomic E-state index is -0.980. The number of nitrogens with zero attached hydrogens (tertiary/aromatic N) is 1. The van der Waals surface area contributed by atoms with Crippen LogP contribution in [0, 0.1) is 11.6 Å². The maximum Gasteiger partial charge on any atom is 0.303 e. The van der Waals surface area contributed by atoms with Gasteiger partial charge in [0.15, 0.2) is 11.6 Å². The number of para-hydroxylation sites is 1. The van der Waals surface area contributed by atoms with Crippen molar-refractivity contribution in [1.29, 1.82) is 0 Å². The van der Waals surface area contributed by atoms with E-state index in [0.29, 0.717) is 44.5 Å². The van der Waals surface area contributed by atoms with Gasteiger partial charge < -0.3 is 24.3 Å². The molecule has 7 nitrogen and oxygen atoms in total. The second-order valence-electron chi connectivity index (χ2n) is 10.2. The lowest BCUT2D eigenvalue weighted by atomic mass is 10.0. The highest BCUT2D eigenvalue weighted by molar-refractivity contribution is 5.94. The molecule has 3 aromatic carbocycles. The molecule has 0 atom stereocenters. The first-order chi connectivity index (χ1) is 20.7. The highest BCUT2D eigenvalue weighted by atomic mass is 19.2. The number of ether oxygens (including phenoxy) is 2. The van der Waals surface area contributed by atoms with Gasteiger partial charge in [-0.2, -0.15) is 4.39 Å². The summed E-state index contributed by atoms with van der Waals surface area (Å²) in [5.74, 6) is -3.02. The smallest absolute Gasteiger partial charge is 0.303 e. The zero-order valence-corrected chi connectivity index (χ0v) is 24.0. The van der Waals surface area contributed by atoms with Gasteiger partial charge in [0.25, 0.3) is 0 Å². The number of carboxylic acid groups (broad SMARTS) is 2. The van der Waals surface area contributed by atoms with Crippen LogP contribution in [0.5, 0.6) is 11.5 Å². The van der Waals surface area contributed by atoms with Crippen LogP contribution < -0.4 is 9.47 Å². The lowest BCUT2D eigenvalue weighted by Gasteiger charge is -2.09. The lowest BCUT2D eigenvalue weighted by Crippen LogP contribution is -2.05. The van der Waals surface area contributed by atoms with Crippen molar-refractivity contribution in [3.05, 3.63) is 94.7 Å². The number of rotatable bonds is 16. The zero-order chi connectivity index (χ0) is 30.8. The molecule has 0 unspecified atom stereocenters. The molecule has 0 saturated carbocycles. The number of benzene rings is 3. The number of aryl methyl sites for hydroxylation is 2. The zero-order valence-electron chi connectivity index (χ0n) is 24.0. The largest absolute Gasteiger partial charge is 0.494 e. The molecule has 9 heteroatoms. The fourth-order valence-electron chi connectivity index (χ4n) is 5.08. The van der Waals surface area contributed by atoms with Gasteiger partial charge in [-0.3, -0.25) is 9.59 Å². The van der Waals surface area contributed by atoms with Gasteiger partial charge in [-0.15, -0.1) is 0 Å². The summed E-state index contributed by atoms with van der Waals surface area (Å²) in [6.07, 6.45) is 6.78. The number of carboxylic acids is 2. The second-order valence-corrected chi connectivity index (χ2v) is 10.2. The Morgan fingerprint density at radius 2 is 1.51 bits per heavy atom. The van der Waals surface area contributed by atoms with E-state index in [9.17, 15) is 23.5 Å². The van der Waals surface area contributed by atoms with Crippen molar-refractivity contribution >= 4 is 35.0 Å². The number of hydrogen-bond donors (Lipinski definition) is 2. The molecule has 0 aliphatic rings. The minimum Gasteiger partial charge on any atom is -0.494 e. The van der Waals surface area contributed by atoms with Crippen LogP contribution in [0.2, 0.25) is 0 Å². The molecule has 0 aliphatic carbocycles. The van der Waals surface area contributed by atoms with Gasteiger partial charge in [0, 0.05) is 24.5 Å². The summed E-state index contributed by atoms with van der Waals surface area (Å²) < 4.78 is 40.0. The summed E-state index contributed by atoms with van der Waals surface area (Å²) in [6.45, 7) is 0.713. The number of fused-ring (bicyclic) bond motifs is 1. The van der Waals surface area contributed by atoms with Crippen LogP contribution in [0.3, 0.4) is 0 Å². The highest BCUT2D eigenvalue weighted by Gasteiger charge is 2.18. The second kappa shape index (κ2) is 15.0. The van der Waals surface area contributed by atoms with Crippen molar-refractivity contribution in [1.82, 2.24) is 4.57 Å². The van der Waals surface area contributed by atoms with Crippen molar-refractivity contribution in [3.63, 3.8) is 0 Å². The maximum absolute atomic E-state index is 13.6. The molecule has 0 amide bonds. The third-order valence-corrected chi connectivity index (χ3v) is 7.19. The van der Waals surface area contributed by atoms with Crippen LogP contribution in [-0.2, 0) is 29.5 Å². The molecule has 4 aromatic rings. The fourth-order valence-corrected chi connectivity index (χ4v) is 5.08. The third kappa shape index (κ3) is 8.44. The van der Waals surface area contributed by atoms with Gasteiger partial charge in [-0.1, -0.05) is 48.6 Å². The minimum absolute atomic E-state index is 0.00163. The van der Waals surface area contributed by atoms with E-state index < -0.39 is 23.6 Å². The predicted octanol–water partition coefficient (Wildman–Crippen LogP) is 7.29. The molecular weight excluding hydrogens is 556 g/mol. The summed E-state index contributed by atoms with van der Waals surface area (Å²) in [7, 11) is 1.93. The standard InChI is InChI=1S/C34H35F2NO6/c1-37-29(19-20-32(40)41)26(8-5-12-31(38)39)27-9-4-7-24(34(27)37)16-13-23-14-17-25(18-15-23)42-21-2-3-22-43-30-11-6-10-28(35)33(30)36/h4,6-7,9-11,13-18H,2-3,5,8,12,19-22H2,1H3,(H,38,39)(H,40,41). The van der Waals surface area contributed by atoms with Crippen molar-refractivity contribution in [2.75, 3.05) is 13.2 Å². The van der Waals surface area contributed by atoms with Crippen LogP contribution in [0.1, 0.15) is 54.5 Å². The SMILES string of the molecule is Cn1c(CCC(=O)O)c(CCCC(=O)O)c2cccc(C=Cc3ccc(OCCCCOc4cccc(F)c4F)cc3)c21. The first-order valence-electron chi connectivity index (χ1n) is 14.2. The Labute approximate surface area is 249 Å². The fraction of sp³-hybridized carbons (Fsp3) is 0.294.